The minimum Gasteiger partial charge on any atom is -0.482 e. The third-order valence-electron chi connectivity index (χ3n) is 4.14. The summed E-state index contributed by atoms with van der Waals surface area (Å²) >= 11 is 0. The molecule has 0 radical (unpaired) electrons. The van der Waals surface area contributed by atoms with E-state index in [-0.39, 0.29) is 29.7 Å². The Balaban J connectivity index is 1.69. The van der Waals surface area contributed by atoms with Gasteiger partial charge in [0.2, 0.25) is 5.91 Å². The second-order valence-corrected chi connectivity index (χ2v) is 6.31. The first-order valence-electron chi connectivity index (χ1n) is 7.93. The molecule has 1 aliphatic heterocycles. The van der Waals surface area contributed by atoms with E-state index in [1.54, 1.807) is 13.8 Å². The molecule has 0 spiro atoms. The van der Waals surface area contributed by atoms with E-state index in [2.05, 4.69) is 10.5 Å². The Labute approximate surface area is 147 Å². The van der Waals surface area contributed by atoms with E-state index in [0.29, 0.717) is 19.2 Å². The summed E-state index contributed by atoms with van der Waals surface area (Å²) < 4.78 is 36.7. The molecule has 1 N–H and O–H groups in total. The van der Waals surface area contributed by atoms with Gasteiger partial charge in [0.25, 0.3) is 5.91 Å². The highest BCUT2D eigenvalue weighted by molar-refractivity contribution is 5.98. The molecule has 2 amide bonds. The van der Waals surface area contributed by atoms with Gasteiger partial charge in [-0.25, -0.2) is 8.78 Å². The molecule has 1 aromatic carbocycles. The molecule has 2 heterocycles. The van der Waals surface area contributed by atoms with Crippen LogP contribution in [0.15, 0.2) is 28.8 Å². The third-order valence-corrected chi connectivity index (χ3v) is 4.14. The minimum absolute atomic E-state index is 0.0194. The van der Waals surface area contributed by atoms with Gasteiger partial charge in [0.15, 0.2) is 23.0 Å². The fourth-order valence-electron chi connectivity index (χ4n) is 2.62. The number of benzene rings is 1. The fraction of sp³-hybridized carbons (Fsp3) is 0.353. The second kappa shape index (κ2) is 6.74. The summed E-state index contributed by atoms with van der Waals surface area (Å²) in [6.07, 6.45) is 0. The first-order valence-corrected chi connectivity index (χ1v) is 7.93. The molecule has 26 heavy (non-hydrogen) atoms. The lowest BCUT2D eigenvalue weighted by Gasteiger charge is -2.40. The Morgan fingerprint density at radius 2 is 2.15 bits per heavy atom. The molecule has 138 valence electrons. The number of hydrogen-bond donors (Lipinski definition) is 1. The number of nitrogens with zero attached hydrogens (tertiary/aromatic N) is 2. The molecule has 0 unspecified atom stereocenters. The maximum Gasteiger partial charge on any atom is 0.276 e. The van der Waals surface area contributed by atoms with E-state index in [9.17, 15) is 18.4 Å². The molecule has 3 rings (SSSR count). The van der Waals surface area contributed by atoms with E-state index in [1.165, 1.54) is 11.0 Å². The van der Waals surface area contributed by atoms with Gasteiger partial charge in [-0.1, -0.05) is 5.16 Å². The van der Waals surface area contributed by atoms with E-state index in [1.807, 2.05) is 0 Å². The Bertz CT molecular complexity index is 850. The average Bonchev–Trinajstić information content (AvgIpc) is 3.05. The normalized spacial score (nSPS) is 16.3. The number of carbonyl (C=O) groups is 2. The SMILES string of the molecule is CC1(C)C(=O)NCCN1C(=O)c1cc(COc2ccc(F)cc2F)on1. The van der Waals surface area contributed by atoms with Crippen LogP contribution in [-0.2, 0) is 11.4 Å². The number of halogens is 2. The molecule has 0 atom stereocenters. The van der Waals surface area contributed by atoms with Crippen molar-refractivity contribution in [2.45, 2.75) is 26.0 Å². The Morgan fingerprint density at radius 3 is 2.88 bits per heavy atom. The summed E-state index contributed by atoms with van der Waals surface area (Å²) in [5, 5.41) is 6.40. The first-order chi connectivity index (χ1) is 12.3. The molecular formula is C17H17F2N3O4. The van der Waals surface area contributed by atoms with Gasteiger partial charge in [-0.2, -0.15) is 0 Å². The van der Waals surface area contributed by atoms with Crippen molar-refractivity contribution in [2.75, 3.05) is 13.1 Å². The molecule has 1 aromatic heterocycles. The van der Waals surface area contributed by atoms with Crippen LogP contribution in [-0.4, -0.2) is 40.5 Å². The smallest absolute Gasteiger partial charge is 0.276 e. The summed E-state index contributed by atoms with van der Waals surface area (Å²) in [7, 11) is 0. The molecule has 0 aliphatic carbocycles. The third kappa shape index (κ3) is 3.37. The van der Waals surface area contributed by atoms with E-state index >= 15 is 0 Å². The number of nitrogens with one attached hydrogen (secondary N) is 1. The summed E-state index contributed by atoms with van der Waals surface area (Å²) in [5.74, 6) is -2.22. The number of carbonyl (C=O) groups excluding carboxylic acids is 2. The number of amides is 2. The Hall–Kier alpha value is -2.97. The number of aromatic nitrogens is 1. The highest BCUT2D eigenvalue weighted by Crippen LogP contribution is 2.22. The van der Waals surface area contributed by atoms with Crippen molar-refractivity contribution in [1.29, 1.82) is 0 Å². The van der Waals surface area contributed by atoms with Crippen molar-refractivity contribution < 1.29 is 27.6 Å². The molecule has 1 saturated heterocycles. The van der Waals surface area contributed by atoms with Gasteiger partial charge < -0.3 is 19.5 Å². The van der Waals surface area contributed by atoms with Crippen LogP contribution in [0.3, 0.4) is 0 Å². The van der Waals surface area contributed by atoms with Gasteiger partial charge in [0.1, 0.15) is 18.0 Å². The summed E-state index contributed by atoms with van der Waals surface area (Å²) in [4.78, 5) is 26.0. The molecule has 0 bridgehead atoms. The molecule has 1 fully saturated rings. The van der Waals surface area contributed by atoms with Gasteiger partial charge >= 0.3 is 0 Å². The van der Waals surface area contributed by atoms with Gasteiger partial charge in [-0.05, 0) is 26.0 Å². The van der Waals surface area contributed by atoms with Crippen molar-refractivity contribution in [2.24, 2.45) is 0 Å². The number of ether oxygens (including phenoxy) is 1. The van der Waals surface area contributed by atoms with Crippen LogP contribution in [0.5, 0.6) is 5.75 Å². The Morgan fingerprint density at radius 1 is 1.38 bits per heavy atom. The average molecular weight is 365 g/mol. The highest BCUT2D eigenvalue weighted by Gasteiger charge is 2.41. The quantitative estimate of drug-likeness (QED) is 0.894. The minimum atomic E-state index is -1.01. The standard InChI is InChI=1S/C17H17F2N3O4/c1-17(2)16(24)20-5-6-22(17)15(23)13-8-11(26-21-13)9-25-14-4-3-10(18)7-12(14)19/h3-4,7-8H,5-6,9H2,1-2H3,(H,20,24). The molecular weight excluding hydrogens is 348 g/mol. The predicted octanol–water partition coefficient (Wildman–Crippen LogP) is 1.88. The van der Waals surface area contributed by atoms with Crippen molar-refractivity contribution >= 4 is 11.8 Å². The maximum atomic E-state index is 13.5. The fourth-order valence-corrected chi connectivity index (χ4v) is 2.62. The zero-order valence-corrected chi connectivity index (χ0v) is 14.2. The van der Waals surface area contributed by atoms with Crippen LogP contribution in [0, 0.1) is 11.6 Å². The summed E-state index contributed by atoms with van der Waals surface area (Å²) in [5.41, 5.74) is -0.992. The van der Waals surface area contributed by atoms with Crippen LogP contribution in [0.25, 0.3) is 0 Å². The molecule has 7 nitrogen and oxygen atoms in total. The lowest BCUT2D eigenvalue weighted by molar-refractivity contribution is -0.133. The molecule has 2 aromatic rings. The van der Waals surface area contributed by atoms with E-state index < -0.39 is 23.1 Å². The first kappa shape index (κ1) is 17.8. The Kier molecular flexibility index (Phi) is 4.62. The predicted molar refractivity (Wildman–Crippen MR) is 85.3 cm³/mol. The van der Waals surface area contributed by atoms with Gasteiger partial charge in [0.05, 0.1) is 0 Å². The van der Waals surface area contributed by atoms with E-state index in [0.717, 1.165) is 12.1 Å². The van der Waals surface area contributed by atoms with Crippen LogP contribution in [0.4, 0.5) is 8.78 Å². The van der Waals surface area contributed by atoms with Crippen molar-refractivity contribution in [3.05, 3.63) is 47.4 Å². The van der Waals surface area contributed by atoms with Crippen molar-refractivity contribution in [1.82, 2.24) is 15.4 Å². The number of piperazine rings is 1. The lowest BCUT2D eigenvalue weighted by atomic mass is 9.98. The van der Waals surface area contributed by atoms with Crippen molar-refractivity contribution in [3.8, 4) is 5.75 Å². The largest absolute Gasteiger partial charge is 0.482 e. The van der Waals surface area contributed by atoms with Gasteiger partial charge in [0, 0.05) is 25.2 Å². The maximum absolute atomic E-state index is 13.5. The highest BCUT2D eigenvalue weighted by atomic mass is 19.1. The monoisotopic (exact) mass is 365 g/mol. The zero-order chi connectivity index (χ0) is 18.9. The molecule has 1 aliphatic rings. The molecule has 0 saturated carbocycles. The lowest BCUT2D eigenvalue weighted by Crippen LogP contribution is -2.63. The van der Waals surface area contributed by atoms with Crippen LogP contribution in [0.1, 0.15) is 30.1 Å². The van der Waals surface area contributed by atoms with Crippen LogP contribution >= 0.6 is 0 Å². The van der Waals surface area contributed by atoms with Crippen LogP contribution < -0.4 is 10.1 Å². The number of rotatable bonds is 4. The van der Waals surface area contributed by atoms with Crippen LogP contribution in [0.2, 0.25) is 0 Å². The molecule has 9 heteroatoms. The van der Waals surface area contributed by atoms with Crippen molar-refractivity contribution in [3.63, 3.8) is 0 Å². The number of hydrogen-bond acceptors (Lipinski definition) is 5. The van der Waals surface area contributed by atoms with Gasteiger partial charge in [-0.15, -0.1) is 0 Å². The summed E-state index contributed by atoms with van der Waals surface area (Å²) in [6, 6.07) is 4.29. The topological polar surface area (TPSA) is 84.7 Å². The van der Waals surface area contributed by atoms with Gasteiger partial charge in [-0.3, -0.25) is 9.59 Å². The zero-order valence-electron chi connectivity index (χ0n) is 14.2. The van der Waals surface area contributed by atoms with E-state index in [4.69, 9.17) is 9.26 Å². The second-order valence-electron chi connectivity index (χ2n) is 6.31. The summed E-state index contributed by atoms with van der Waals surface area (Å²) in [6.45, 7) is 3.79.